The third-order valence-electron chi connectivity index (χ3n) is 4.10. The summed E-state index contributed by atoms with van der Waals surface area (Å²) in [7, 11) is 0. The minimum atomic E-state index is -0.573. The standard InChI is InChI=1S/C11H7N3O5.C5H3ClN2O2.C5H4N2O3/c15-13(16)8-1-4-10(5-2-8)19-11-6-3-9(7-12-11)14(17)18;6-5-2-1-4(3-7-5)8(9)10;8-5-2-1-4(3-6-5)7(9)10/h1-7H;1-3H;1-3H,(H,6,8). The number of ether oxygens (including phenoxy) is 1. The molecule has 0 spiro atoms. The molecule has 0 aliphatic heterocycles. The molecule has 18 heteroatoms. The van der Waals surface area contributed by atoms with E-state index < -0.39 is 19.7 Å². The third-order valence-corrected chi connectivity index (χ3v) is 4.33. The van der Waals surface area contributed by atoms with E-state index in [9.17, 15) is 45.3 Å². The lowest BCUT2D eigenvalue weighted by molar-refractivity contribution is -0.385. The van der Waals surface area contributed by atoms with E-state index >= 15 is 0 Å². The molecule has 0 bridgehead atoms. The van der Waals surface area contributed by atoms with E-state index in [2.05, 4.69) is 15.0 Å². The van der Waals surface area contributed by atoms with Crippen LogP contribution < -0.4 is 10.3 Å². The van der Waals surface area contributed by atoms with E-state index in [1.54, 1.807) is 0 Å². The molecule has 0 saturated heterocycles. The molecule has 1 N–H and O–H groups in total. The molecule has 4 rings (SSSR count). The molecule has 17 nitrogen and oxygen atoms in total. The molecule has 0 fully saturated rings. The Morgan fingerprint density at radius 3 is 1.54 bits per heavy atom. The summed E-state index contributed by atoms with van der Waals surface area (Å²) in [5, 5.41) is 41.2. The Labute approximate surface area is 220 Å². The molecule has 39 heavy (non-hydrogen) atoms. The van der Waals surface area contributed by atoms with Gasteiger partial charge in [-0.25, -0.2) is 9.97 Å². The Hall–Kier alpha value is -5.84. The first-order valence-corrected chi connectivity index (χ1v) is 10.5. The van der Waals surface area contributed by atoms with E-state index in [0.29, 0.717) is 5.75 Å². The van der Waals surface area contributed by atoms with Crippen molar-refractivity contribution in [3.63, 3.8) is 0 Å². The lowest BCUT2D eigenvalue weighted by Crippen LogP contribution is -2.02. The average Bonchev–Trinajstić information content (AvgIpc) is 2.90. The summed E-state index contributed by atoms with van der Waals surface area (Å²) in [5.41, 5.74) is -0.699. The summed E-state index contributed by atoms with van der Waals surface area (Å²) >= 11 is 5.38. The summed E-state index contributed by atoms with van der Waals surface area (Å²) in [6, 6.07) is 13.0. The zero-order valence-corrected chi connectivity index (χ0v) is 19.9. The number of benzene rings is 1. The fraction of sp³-hybridized carbons (Fsp3) is 0. The molecule has 0 unspecified atom stereocenters. The average molecular weight is 560 g/mol. The third kappa shape index (κ3) is 9.97. The summed E-state index contributed by atoms with van der Waals surface area (Å²) in [4.78, 5) is 58.6. The quantitative estimate of drug-likeness (QED) is 0.193. The highest BCUT2D eigenvalue weighted by Gasteiger charge is 2.08. The van der Waals surface area contributed by atoms with Gasteiger partial charge in [0.1, 0.15) is 23.3 Å². The maximum Gasteiger partial charge on any atom is 0.287 e. The number of rotatable bonds is 6. The van der Waals surface area contributed by atoms with Gasteiger partial charge in [0.05, 0.1) is 25.9 Å². The first-order chi connectivity index (χ1) is 18.5. The Morgan fingerprint density at radius 2 is 1.13 bits per heavy atom. The number of hydrogen-bond donors (Lipinski definition) is 1. The van der Waals surface area contributed by atoms with Crippen LogP contribution in [0.15, 0.2) is 84.0 Å². The maximum atomic E-state index is 10.5. The van der Waals surface area contributed by atoms with Crippen LogP contribution in [0, 0.1) is 40.5 Å². The number of aromatic nitrogens is 3. The Morgan fingerprint density at radius 1 is 0.641 bits per heavy atom. The lowest BCUT2D eigenvalue weighted by Gasteiger charge is -2.03. The lowest BCUT2D eigenvalue weighted by atomic mass is 10.3. The van der Waals surface area contributed by atoms with Gasteiger partial charge >= 0.3 is 0 Å². The van der Waals surface area contributed by atoms with Crippen molar-refractivity contribution < 1.29 is 24.4 Å². The van der Waals surface area contributed by atoms with Crippen LogP contribution >= 0.6 is 11.6 Å². The van der Waals surface area contributed by atoms with Crippen molar-refractivity contribution in [1.29, 1.82) is 0 Å². The fourth-order valence-corrected chi connectivity index (χ4v) is 2.40. The normalized spacial score (nSPS) is 9.56. The van der Waals surface area contributed by atoms with Gasteiger partial charge in [-0.2, -0.15) is 0 Å². The van der Waals surface area contributed by atoms with Gasteiger partial charge in [0.25, 0.3) is 22.7 Å². The molecule has 0 aliphatic rings. The van der Waals surface area contributed by atoms with Crippen LogP contribution in [0.25, 0.3) is 0 Å². The van der Waals surface area contributed by atoms with Gasteiger partial charge in [0.15, 0.2) is 0 Å². The zero-order valence-electron chi connectivity index (χ0n) is 19.1. The molecule has 4 aromatic rings. The number of nitrogens with one attached hydrogen (secondary N) is 1. The molecule has 0 aliphatic carbocycles. The molecular weight excluding hydrogens is 546 g/mol. The zero-order chi connectivity index (χ0) is 28.9. The number of non-ortho nitro benzene ring substituents is 1. The molecule has 3 aromatic heterocycles. The summed E-state index contributed by atoms with van der Waals surface area (Å²) in [5.74, 6) is 0.520. The molecule has 0 atom stereocenters. The SMILES string of the molecule is O=[N+]([O-])c1ccc(Cl)nc1.O=[N+]([O-])c1ccc(Oc2ccc([N+](=O)[O-])cn2)cc1.O=c1ccc([N+](=O)[O-])c[nH]1. The van der Waals surface area contributed by atoms with Crippen molar-refractivity contribution in [2.45, 2.75) is 0 Å². The number of H-pyrrole nitrogens is 1. The van der Waals surface area contributed by atoms with Gasteiger partial charge in [-0.3, -0.25) is 45.3 Å². The van der Waals surface area contributed by atoms with Crippen molar-refractivity contribution >= 4 is 34.4 Å². The monoisotopic (exact) mass is 559 g/mol. The van der Waals surface area contributed by atoms with E-state index in [1.807, 2.05) is 0 Å². The number of nitro benzene ring substituents is 1. The number of hydrogen-bond acceptors (Lipinski definition) is 12. The Bertz CT molecular complexity index is 1440. The second-order valence-electron chi connectivity index (χ2n) is 6.73. The van der Waals surface area contributed by atoms with Crippen LogP contribution in [0.5, 0.6) is 11.6 Å². The van der Waals surface area contributed by atoms with Gasteiger partial charge in [0, 0.05) is 42.5 Å². The Balaban J connectivity index is 0.000000225. The molecule has 0 amide bonds. The molecular formula is C21H14ClN7O10. The molecule has 0 saturated carbocycles. The number of halogens is 1. The minimum absolute atomic E-state index is 0.0515. The van der Waals surface area contributed by atoms with Crippen molar-refractivity contribution in [3.8, 4) is 11.6 Å². The number of pyridine rings is 3. The smallest absolute Gasteiger partial charge is 0.287 e. The van der Waals surface area contributed by atoms with Crippen molar-refractivity contribution in [3.05, 3.63) is 135 Å². The second-order valence-corrected chi connectivity index (χ2v) is 7.12. The number of nitrogens with zero attached hydrogens (tertiary/aromatic N) is 6. The van der Waals surface area contributed by atoms with Crippen LogP contribution in [0.2, 0.25) is 5.15 Å². The van der Waals surface area contributed by atoms with Crippen LogP contribution in [-0.2, 0) is 0 Å². The van der Waals surface area contributed by atoms with E-state index in [0.717, 1.165) is 30.7 Å². The van der Waals surface area contributed by atoms with Crippen LogP contribution in [0.1, 0.15) is 0 Å². The summed E-state index contributed by atoms with van der Waals surface area (Å²) in [6.45, 7) is 0. The number of nitro groups is 4. The van der Waals surface area contributed by atoms with Crippen molar-refractivity contribution in [2.75, 3.05) is 0 Å². The van der Waals surface area contributed by atoms with Crippen LogP contribution in [0.3, 0.4) is 0 Å². The highest BCUT2D eigenvalue weighted by atomic mass is 35.5. The number of aromatic amines is 1. The molecule has 3 heterocycles. The van der Waals surface area contributed by atoms with Gasteiger partial charge in [-0.1, -0.05) is 11.6 Å². The topological polar surface area (TPSA) is 240 Å². The Kier molecular flexibility index (Phi) is 10.6. The highest BCUT2D eigenvalue weighted by Crippen LogP contribution is 2.23. The van der Waals surface area contributed by atoms with Gasteiger partial charge in [-0.05, 0) is 18.2 Å². The van der Waals surface area contributed by atoms with Gasteiger partial charge in [0.2, 0.25) is 11.4 Å². The summed E-state index contributed by atoms with van der Waals surface area (Å²) in [6.07, 6.45) is 3.24. The molecule has 1 aromatic carbocycles. The predicted molar refractivity (Wildman–Crippen MR) is 134 cm³/mol. The largest absolute Gasteiger partial charge is 0.439 e. The minimum Gasteiger partial charge on any atom is -0.439 e. The molecule has 0 radical (unpaired) electrons. The first-order valence-electron chi connectivity index (χ1n) is 10.1. The van der Waals surface area contributed by atoms with Gasteiger partial charge < -0.3 is 9.72 Å². The van der Waals surface area contributed by atoms with E-state index in [4.69, 9.17) is 16.3 Å². The van der Waals surface area contributed by atoms with E-state index in [1.165, 1.54) is 48.5 Å². The van der Waals surface area contributed by atoms with Gasteiger partial charge in [-0.15, -0.1) is 0 Å². The highest BCUT2D eigenvalue weighted by molar-refractivity contribution is 6.29. The fourth-order valence-electron chi connectivity index (χ4n) is 2.29. The van der Waals surface area contributed by atoms with Crippen molar-refractivity contribution in [1.82, 2.24) is 15.0 Å². The van der Waals surface area contributed by atoms with E-state index in [-0.39, 0.29) is 39.3 Å². The predicted octanol–water partition coefficient (Wildman–Crippen LogP) is 4.62. The first kappa shape index (κ1) is 29.4. The molecule has 200 valence electrons. The second kappa shape index (κ2) is 14.0. The van der Waals surface area contributed by atoms with Crippen LogP contribution in [0.4, 0.5) is 22.7 Å². The van der Waals surface area contributed by atoms with Crippen LogP contribution in [-0.4, -0.2) is 34.6 Å². The maximum absolute atomic E-state index is 10.5. The summed E-state index contributed by atoms with van der Waals surface area (Å²) < 4.78 is 5.29. The van der Waals surface area contributed by atoms with Crippen molar-refractivity contribution in [2.24, 2.45) is 0 Å².